The lowest BCUT2D eigenvalue weighted by atomic mass is 10.2. The molecule has 2 aromatic carbocycles. The van der Waals surface area contributed by atoms with Gasteiger partial charge in [-0.2, -0.15) is 0 Å². The number of rotatable bonds is 9. The van der Waals surface area contributed by atoms with E-state index >= 15 is 0 Å². The Labute approximate surface area is 181 Å². The maximum atomic E-state index is 13.0. The van der Waals surface area contributed by atoms with Crippen LogP contribution in [0.25, 0.3) is 0 Å². The molecule has 0 aliphatic rings. The Morgan fingerprint density at radius 2 is 1.79 bits per heavy atom. The van der Waals surface area contributed by atoms with Crippen LogP contribution in [0.1, 0.15) is 23.7 Å². The maximum absolute atomic E-state index is 13.0. The average Bonchev–Trinajstić information content (AvgIpc) is 2.70. The second kappa shape index (κ2) is 11.6. The summed E-state index contributed by atoms with van der Waals surface area (Å²) in [5.41, 5.74) is 2.80. The second-order valence-electron chi connectivity index (χ2n) is 6.18. The van der Waals surface area contributed by atoms with Gasteiger partial charge in [-0.3, -0.25) is 4.98 Å². The van der Waals surface area contributed by atoms with Crippen molar-refractivity contribution in [2.75, 3.05) is 6.61 Å². The van der Waals surface area contributed by atoms with Gasteiger partial charge in [0.1, 0.15) is 12.4 Å². The molecule has 0 saturated heterocycles. The van der Waals surface area contributed by atoms with Crippen LogP contribution in [0.5, 0.6) is 11.5 Å². The molecule has 0 aliphatic carbocycles. The van der Waals surface area contributed by atoms with Gasteiger partial charge in [0.15, 0.2) is 11.5 Å². The van der Waals surface area contributed by atoms with Crippen LogP contribution >= 0.6 is 11.6 Å². The largest absolute Gasteiger partial charge is 1.00 e. The molecule has 1 aromatic heterocycles. The number of pyridine rings is 1. The first-order valence-electron chi connectivity index (χ1n) is 9.08. The third-order valence-corrected chi connectivity index (χ3v) is 4.31. The van der Waals surface area contributed by atoms with E-state index in [1.807, 2.05) is 37.3 Å². The van der Waals surface area contributed by atoms with E-state index in [2.05, 4.69) is 10.3 Å². The molecule has 0 saturated carbocycles. The van der Waals surface area contributed by atoms with Crippen LogP contribution < -0.4 is 27.2 Å². The van der Waals surface area contributed by atoms with Crippen molar-refractivity contribution in [1.29, 1.82) is 0 Å². The minimum Gasteiger partial charge on any atom is -1.00 e. The zero-order valence-corrected chi connectivity index (χ0v) is 17.5. The van der Waals surface area contributed by atoms with Gasteiger partial charge in [0, 0.05) is 19.3 Å². The van der Waals surface area contributed by atoms with E-state index in [0.717, 1.165) is 16.8 Å². The molecule has 0 unspecified atom stereocenters. The number of aromatic nitrogens is 1. The van der Waals surface area contributed by atoms with E-state index < -0.39 is 0 Å². The first kappa shape index (κ1) is 22.9. The summed E-state index contributed by atoms with van der Waals surface area (Å²) in [5.74, 6) is 0.799. The van der Waals surface area contributed by atoms with Gasteiger partial charge < -0.3 is 27.2 Å². The molecular weight excluding hydrogens is 414 g/mol. The molecule has 0 bridgehead atoms. The number of ether oxygens (including phenoxy) is 2. The average molecular weight is 436 g/mol. The number of hydrogen-bond acceptors (Lipinski definition) is 4. The maximum Gasteiger partial charge on any atom is 0.180 e. The topological polar surface area (TPSA) is 43.4 Å². The molecular formula is C22H22Cl2FN2O2-. The molecule has 3 aromatic rings. The first-order valence-corrected chi connectivity index (χ1v) is 9.46. The quantitative estimate of drug-likeness (QED) is 0.559. The number of hydrogen-bond donors (Lipinski definition) is 1. The summed E-state index contributed by atoms with van der Waals surface area (Å²) in [6.07, 6.45) is 1.77. The van der Waals surface area contributed by atoms with Crippen molar-refractivity contribution in [3.8, 4) is 11.5 Å². The van der Waals surface area contributed by atoms with Crippen molar-refractivity contribution in [2.24, 2.45) is 0 Å². The predicted molar refractivity (Wildman–Crippen MR) is 108 cm³/mol. The highest BCUT2D eigenvalue weighted by atomic mass is 35.5. The van der Waals surface area contributed by atoms with Gasteiger partial charge in [-0.1, -0.05) is 29.8 Å². The molecule has 154 valence electrons. The lowest BCUT2D eigenvalue weighted by molar-refractivity contribution is -0.00000707. The van der Waals surface area contributed by atoms with Crippen molar-refractivity contribution in [3.05, 3.63) is 88.5 Å². The summed E-state index contributed by atoms with van der Waals surface area (Å²) in [5, 5.41) is 3.82. The SMILES string of the molecule is CCOc1cc(CNCc2ccccn2)cc(Cl)c1OCc1ccc(F)cc1.[Cl-]. The lowest BCUT2D eigenvalue weighted by Crippen LogP contribution is -3.00. The van der Waals surface area contributed by atoms with Crippen LogP contribution in [0, 0.1) is 5.82 Å². The zero-order chi connectivity index (χ0) is 19.8. The molecule has 0 amide bonds. The number of nitrogens with zero attached hydrogens (tertiary/aromatic N) is 1. The Hall–Kier alpha value is -2.34. The molecule has 1 N–H and O–H groups in total. The molecule has 0 spiro atoms. The van der Waals surface area contributed by atoms with Gasteiger partial charge in [-0.05, 0) is 54.4 Å². The number of benzene rings is 2. The summed E-state index contributed by atoms with van der Waals surface area (Å²) < 4.78 is 24.6. The molecule has 1 heterocycles. The summed E-state index contributed by atoms with van der Waals surface area (Å²) in [6, 6.07) is 15.8. The highest BCUT2D eigenvalue weighted by molar-refractivity contribution is 6.32. The highest BCUT2D eigenvalue weighted by Gasteiger charge is 2.13. The molecule has 4 nitrogen and oxygen atoms in total. The fourth-order valence-corrected chi connectivity index (χ4v) is 2.99. The molecule has 0 radical (unpaired) electrons. The number of halogens is 3. The van der Waals surface area contributed by atoms with Gasteiger partial charge in [0.25, 0.3) is 0 Å². The van der Waals surface area contributed by atoms with Crippen LogP contribution in [0.15, 0.2) is 60.8 Å². The Kier molecular flexibility index (Phi) is 9.19. The molecule has 7 heteroatoms. The zero-order valence-electron chi connectivity index (χ0n) is 16.0. The van der Waals surface area contributed by atoms with Crippen LogP contribution in [0.3, 0.4) is 0 Å². The van der Waals surface area contributed by atoms with Crippen molar-refractivity contribution < 1.29 is 26.3 Å². The van der Waals surface area contributed by atoms with Crippen molar-refractivity contribution in [2.45, 2.75) is 26.6 Å². The van der Waals surface area contributed by atoms with Crippen LogP contribution in [-0.4, -0.2) is 11.6 Å². The standard InChI is InChI=1S/C22H22ClFN2O2.ClH/c1-2-27-21-12-17(13-25-14-19-5-3-4-10-26-19)11-20(23)22(21)28-15-16-6-8-18(24)9-7-16;/h3-12,25H,2,13-15H2,1H3;1H/p-1. The van der Waals surface area contributed by atoms with E-state index in [1.165, 1.54) is 12.1 Å². The monoisotopic (exact) mass is 435 g/mol. The summed E-state index contributed by atoms with van der Waals surface area (Å²) >= 11 is 6.45. The van der Waals surface area contributed by atoms with E-state index in [4.69, 9.17) is 21.1 Å². The molecule has 29 heavy (non-hydrogen) atoms. The predicted octanol–water partition coefficient (Wildman–Crippen LogP) is 2.15. The lowest BCUT2D eigenvalue weighted by Gasteiger charge is -2.16. The Bertz CT molecular complexity index is 893. The Morgan fingerprint density at radius 3 is 2.48 bits per heavy atom. The van der Waals surface area contributed by atoms with E-state index in [9.17, 15) is 4.39 Å². The molecule has 0 atom stereocenters. The van der Waals surface area contributed by atoms with Crippen LogP contribution in [-0.2, 0) is 19.7 Å². The van der Waals surface area contributed by atoms with Gasteiger partial charge in [0.2, 0.25) is 0 Å². The second-order valence-corrected chi connectivity index (χ2v) is 6.58. The fourth-order valence-electron chi connectivity index (χ4n) is 2.70. The van der Waals surface area contributed by atoms with Crippen LogP contribution in [0.4, 0.5) is 4.39 Å². The molecule has 3 rings (SSSR count). The summed E-state index contributed by atoms with van der Waals surface area (Å²) in [6.45, 7) is 3.95. The van der Waals surface area contributed by atoms with Gasteiger partial charge in [-0.25, -0.2) is 4.39 Å². The van der Waals surface area contributed by atoms with Gasteiger partial charge in [-0.15, -0.1) is 0 Å². The summed E-state index contributed by atoms with van der Waals surface area (Å²) in [4.78, 5) is 4.29. The Morgan fingerprint density at radius 1 is 1.00 bits per heavy atom. The van der Waals surface area contributed by atoms with Gasteiger partial charge in [0.05, 0.1) is 17.3 Å². The van der Waals surface area contributed by atoms with Crippen molar-refractivity contribution in [1.82, 2.24) is 10.3 Å². The third kappa shape index (κ3) is 6.89. The van der Waals surface area contributed by atoms with Crippen molar-refractivity contribution >= 4 is 11.6 Å². The minimum absolute atomic E-state index is 0. The fraction of sp³-hybridized carbons (Fsp3) is 0.227. The van der Waals surface area contributed by atoms with E-state index in [0.29, 0.717) is 36.2 Å². The van der Waals surface area contributed by atoms with Gasteiger partial charge >= 0.3 is 0 Å². The highest BCUT2D eigenvalue weighted by Crippen LogP contribution is 2.37. The van der Waals surface area contributed by atoms with E-state index in [-0.39, 0.29) is 24.8 Å². The third-order valence-electron chi connectivity index (χ3n) is 4.03. The smallest absolute Gasteiger partial charge is 0.180 e. The Balaban J connectivity index is 0.00000300. The normalized spacial score (nSPS) is 10.3. The minimum atomic E-state index is -0.278. The number of nitrogens with one attached hydrogen (secondary N) is 1. The summed E-state index contributed by atoms with van der Waals surface area (Å²) in [7, 11) is 0. The molecule has 0 aliphatic heterocycles. The van der Waals surface area contributed by atoms with Crippen LogP contribution in [0.2, 0.25) is 5.02 Å². The van der Waals surface area contributed by atoms with E-state index in [1.54, 1.807) is 18.3 Å². The first-order chi connectivity index (χ1) is 13.7. The molecule has 0 fully saturated rings. The van der Waals surface area contributed by atoms with Crippen molar-refractivity contribution in [3.63, 3.8) is 0 Å².